The van der Waals surface area contributed by atoms with Gasteiger partial charge >= 0.3 is 0 Å². The van der Waals surface area contributed by atoms with Crippen LogP contribution in [0, 0.1) is 0 Å². The van der Waals surface area contributed by atoms with Crippen LogP contribution in [-0.4, -0.2) is 39.8 Å². The second-order valence-electron chi connectivity index (χ2n) is 3.54. The Kier molecular flexibility index (Phi) is 7.87. The van der Waals surface area contributed by atoms with Crippen molar-refractivity contribution in [2.45, 2.75) is 19.6 Å². The Balaban J connectivity index is 0. The molecule has 0 aliphatic heterocycles. The Morgan fingerprint density at radius 3 is 2.09 bits per heavy atom. The standard InChI is InChI=1S/C7H18NOSi.HI/c1-8(2)6-7-9-10(3,4)5;/h1,6-7H2,2-5H3;1H/q+1;/p-1. The molecule has 0 N–H and O–H groups in total. The molecule has 0 aromatic carbocycles. The van der Waals surface area contributed by atoms with Gasteiger partial charge in [-0.2, -0.15) is 0 Å². The molecule has 11 heavy (non-hydrogen) atoms. The Hall–Kier alpha value is 0.577. The second kappa shape index (κ2) is 6.13. The maximum Gasteiger partial charge on any atom is 0.184 e. The third-order valence-electron chi connectivity index (χ3n) is 1.01. The highest BCUT2D eigenvalue weighted by Gasteiger charge is 2.13. The minimum Gasteiger partial charge on any atom is -1.00 e. The topological polar surface area (TPSA) is 12.2 Å². The van der Waals surface area contributed by atoms with Gasteiger partial charge in [-0.3, -0.25) is 0 Å². The lowest BCUT2D eigenvalue weighted by Crippen LogP contribution is -3.00. The summed E-state index contributed by atoms with van der Waals surface area (Å²) in [6.07, 6.45) is 0. The first-order chi connectivity index (χ1) is 4.42. The maximum absolute atomic E-state index is 5.60. The maximum atomic E-state index is 5.60. The van der Waals surface area contributed by atoms with Gasteiger partial charge in [-0.25, -0.2) is 4.58 Å². The highest BCUT2D eigenvalue weighted by molar-refractivity contribution is 6.69. The van der Waals surface area contributed by atoms with Gasteiger partial charge in [-0.15, -0.1) is 0 Å². The lowest BCUT2D eigenvalue weighted by Gasteiger charge is -2.15. The van der Waals surface area contributed by atoms with Crippen molar-refractivity contribution < 1.29 is 33.0 Å². The zero-order valence-electron chi connectivity index (χ0n) is 7.85. The van der Waals surface area contributed by atoms with Crippen molar-refractivity contribution in [1.82, 2.24) is 0 Å². The first kappa shape index (κ1) is 14.1. The number of hydrogen-bond acceptors (Lipinski definition) is 1. The van der Waals surface area contributed by atoms with Crippen LogP contribution in [0.3, 0.4) is 0 Å². The molecule has 4 heteroatoms. The van der Waals surface area contributed by atoms with E-state index in [1.807, 2.05) is 11.6 Å². The predicted molar refractivity (Wildman–Crippen MR) is 47.5 cm³/mol. The molecule has 0 atom stereocenters. The van der Waals surface area contributed by atoms with Gasteiger partial charge < -0.3 is 28.4 Å². The quantitative estimate of drug-likeness (QED) is 0.257. The molecular weight excluding hydrogens is 269 g/mol. The van der Waals surface area contributed by atoms with Crippen molar-refractivity contribution >= 4 is 15.0 Å². The largest absolute Gasteiger partial charge is 1.00 e. The van der Waals surface area contributed by atoms with Crippen molar-refractivity contribution in [1.29, 1.82) is 0 Å². The van der Waals surface area contributed by atoms with E-state index in [2.05, 4.69) is 26.4 Å². The molecule has 0 aromatic heterocycles. The van der Waals surface area contributed by atoms with E-state index in [1.165, 1.54) is 0 Å². The summed E-state index contributed by atoms with van der Waals surface area (Å²) in [6.45, 7) is 12.0. The molecule has 0 aromatic rings. The average Bonchev–Trinajstić information content (AvgIpc) is 1.59. The van der Waals surface area contributed by atoms with Gasteiger partial charge in [0, 0.05) is 0 Å². The molecule has 0 aliphatic carbocycles. The van der Waals surface area contributed by atoms with Gasteiger partial charge in [0.15, 0.2) is 14.9 Å². The summed E-state index contributed by atoms with van der Waals surface area (Å²) in [5.41, 5.74) is 0. The molecule has 0 unspecified atom stereocenters. The van der Waals surface area contributed by atoms with Crippen LogP contribution in [0.1, 0.15) is 0 Å². The molecule has 0 bridgehead atoms. The van der Waals surface area contributed by atoms with Crippen molar-refractivity contribution in [2.24, 2.45) is 0 Å². The fraction of sp³-hybridized carbons (Fsp3) is 0.857. The van der Waals surface area contributed by atoms with Gasteiger partial charge in [-0.1, -0.05) is 0 Å². The molecule has 2 nitrogen and oxygen atoms in total. The van der Waals surface area contributed by atoms with E-state index >= 15 is 0 Å². The summed E-state index contributed by atoms with van der Waals surface area (Å²) in [5.74, 6) is 0. The van der Waals surface area contributed by atoms with E-state index in [1.54, 1.807) is 0 Å². The number of likely N-dealkylation sites (N-methyl/N-ethyl adjacent to an activating group) is 1. The van der Waals surface area contributed by atoms with Crippen molar-refractivity contribution in [2.75, 3.05) is 20.2 Å². The molecule has 0 spiro atoms. The molecule has 0 fully saturated rings. The van der Waals surface area contributed by atoms with Crippen LogP contribution in [0.4, 0.5) is 0 Å². The van der Waals surface area contributed by atoms with Crippen molar-refractivity contribution in [3.05, 3.63) is 0 Å². The SMILES string of the molecule is C=[N+](C)CCO[Si](C)(C)C.[I-]. The van der Waals surface area contributed by atoms with Crippen molar-refractivity contribution in [3.8, 4) is 0 Å². The van der Waals surface area contributed by atoms with Crippen LogP contribution in [0.2, 0.25) is 19.6 Å². The first-order valence-electron chi connectivity index (χ1n) is 3.57. The Labute approximate surface area is 87.8 Å². The number of hydrogen-bond donors (Lipinski definition) is 0. The summed E-state index contributed by atoms with van der Waals surface area (Å²) in [4.78, 5) is 0. The average molecular weight is 287 g/mol. The minimum absolute atomic E-state index is 0. The first-order valence-corrected chi connectivity index (χ1v) is 6.98. The lowest BCUT2D eigenvalue weighted by atomic mass is 10.7. The number of nitrogens with zero attached hydrogens (tertiary/aromatic N) is 1. The zero-order chi connectivity index (χ0) is 8.20. The Morgan fingerprint density at radius 1 is 1.36 bits per heavy atom. The molecule has 0 saturated heterocycles. The minimum atomic E-state index is -1.28. The number of rotatable bonds is 4. The van der Waals surface area contributed by atoms with Gasteiger partial charge in [0.25, 0.3) is 0 Å². The molecule has 0 radical (unpaired) electrons. The molecule has 0 amide bonds. The van der Waals surface area contributed by atoms with Gasteiger partial charge in [0.1, 0.15) is 13.8 Å². The highest BCUT2D eigenvalue weighted by atomic mass is 127. The summed E-state index contributed by atoms with van der Waals surface area (Å²) in [5, 5.41) is 0. The fourth-order valence-electron chi connectivity index (χ4n) is 0.508. The van der Waals surface area contributed by atoms with Crippen LogP contribution in [0.25, 0.3) is 0 Å². The van der Waals surface area contributed by atoms with Crippen LogP contribution in [0.15, 0.2) is 0 Å². The normalized spacial score (nSPS) is 10.5. The fourth-order valence-corrected chi connectivity index (χ4v) is 1.21. The lowest BCUT2D eigenvalue weighted by molar-refractivity contribution is -0.490. The second-order valence-corrected chi connectivity index (χ2v) is 8.05. The van der Waals surface area contributed by atoms with Crippen molar-refractivity contribution in [3.63, 3.8) is 0 Å². The van der Waals surface area contributed by atoms with Crippen LogP contribution in [-0.2, 0) is 4.43 Å². The zero-order valence-corrected chi connectivity index (χ0v) is 11.0. The van der Waals surface area contributed by atoms with E-state index in [9.17, 15) is 0 Å². The summed E-state index contributed by atoms with van der Waals surface area (Å²) in [6, 6.07) is 0. The van der Waals surface area contributed by atoms with Crippen LogP contribution in [0.5, 0.6) is 0 Å². The van der Waals surface area contributed by atoms with E-state index in [0.29, 0.717) is 0 Å². The number of halogens is 1. The highest BCUT2D eigenvalue weighted by Crippen LogP contribution is 2.00. The van der Waals surface area contributed by atoms with Gasteiger partial charge in [-0.05, 0) is 19.6 Å². The Bertz CT molecular complexity index is 122. The monoisotopic (exact) mass is 287 g/mol. The van der Waals surface area contributed by atoms with E-state index in [-0.39, 0.29) is 24.0 Å². The third-order valence-corrected chi connectivity index (χ3v) is 2.08. The Morgan fingerprint density at radius 2 is 1.82 bits per heavy atom. The van der Waals surface area contributed by atoms with Gasteiger partial charge in [0.2, 0.25) is 0 Å². The molecular formula is C7H18INOSi. The predicted octanol–water partition coefficient (Wildman–Crippen LogP) is -1.82. The van der Waals surface area contributed by atoms with Crippen LogP contribution >= 0.6 is 0 Å². The van der Waals surface area contributed by atoms with Crippen LogP contribution < -0.4 is 24.0 Å². The van der Waals surface area contributed by atoms with E-state index in [4.69, 9.17) is 4.43 Å². The van der Waals surface area contributed by atoms with E-state index < -0.39 is 8.32 Å². The smallest absolute Gasteiger partial charge is 0.184 e. The van der Waals surface area contributed by atoms with E-state index in [0.717, 1.165) is 13.2 Å². The summed E-state index contributed by atoms with van der Waals surface area (Å²) in [7, 11) is 0.673. The molecule has 68 valence electrons. The third kappa shape index (κ3) is 13.6. The van der Waals surface area contributed by atoms with Gasteiger partial charge in [0.05, 0.1) is 6.61 Å². The molecule has 0 saturated carbocycles. The molecule has 0 rings (SSSR count). The molecule has 0 aliphatic rings. The molecule has 0 heterocycles. The summed E-state index contributed by atoms with van der Waals surface area (Å²) >= 11 is 0. The summed E-state index contributed by atoms with van der Waals surface area (Å²) < 4.78 is 7.49.